The van der Waals surface area contributed by atoms with E-state index in [0.29, 0.717) is 12.8 Å². The second-order valence-corrected chi connectivity index (χ2v) is 25.0. The van der Waals surface area contributed by atoms with E-state index in [1.54, 1.807) is 6.08 Å². The molecule has 19 atom stereocenters. The Hall–Kier alpha value is -2.57. The summed E-state index contributed by atoms with van der Waals surface area (Å²) in [5.41, 5.74) is 0. The largest absolute Gasteiger partial charge is 0.477 e. The average molecular weight is 1280 g/mol. The molecule has 3 fully saturated rings. The molecule has 0 aromatic rings. The van der Waals surface area contributed by atoms with Crippen molar-refractivity contribution in [3.05, 3.63) is 12.2 Å². The number of rotatable bonds is 51. The number of aliphatic hydroxyl groups excluding tert-OH is 11. The number of aliphatic hydroxyl groups is 11. The minimum Gasteiger partial charge on any atom is -0.477 e. The smallest absolute Gasteiger partial charge is 0.364 e. The normalized spacial score (nSPS) is 29.2. The van der Waals surface area contributed by atoms with Crippen molar-refractivity contribution >= 4 is 17.8 Å². The van der Waals surface area contributed by atoms with Gasteiger partial charge in [-0.3, -0.25) is 9.59 Å². The lowest BCUT2D eigenvalue weighted by molar-refractivity contribution is -0.386. The van der Waals surface area contributed by atoms with Gasteiger partial charge in [0.05, 0.1) is 50.7 Å². The molecule has 3 aliphatic rings. The number of aliphatic carboxylic acids is 1. The molecule has 0 unspecified atom stereocenters. The van der Waals surface area contributed by atoms with Crippen LogP contribution in [0.1, 0.15) is 233 Å². The van der Waals surface area contributed by atoms with E-state index in [1.807, 2.05) is 0 Å². The van der Waals surface area contributed by atoms with Gasteiger partial charge in [-0.25, -0.2) is 4.79 Å². The van der Waals surface area contributed by atoms with E-state index >= 15 is 0 Å². The Morgan fingerprint density at radius 1 is 0.618 bits per heavy atom. The molecule has 89 heavy (non-hydrogen) atoms. The fourth-order valence-corrected chi connectivity index (χ4v) is 12.0. The fraction of sp³-hybridized carbons (Fsp3) is 0.923. The Kier molecular flexibility index (Phi) is 42.2. The van der Waals surface area contributed by atoms with Crippen molar-refractivity contribution in [2.24, 2.45) is 0 Å². The van der Waals surface area contributed by atoms with Gasteiger partial charge in [0.2, 0.25) is 11.8 Å². The van der Waals surface area contributed by atoms with E-state index < -0.39 is 167 Å². The third kappa shape index (κ3) is 28.9. The third-order valence-electron chi connectivity index (χ3n) is 17.6. The van der Waals surface area contributed by atoms with Crippen LogP contribution in [-0.4, -0.2) is 229 Å². The highest BCUT2D eigenvalue weighted by Gasteiger charge is 2.60. The predicted molar refractivity (Wildman–Crippen MR) is 331 cm³/mol. The van der Waals surface area contributed by atoms with Gasteiger partial charge in [0.1, 0.15) is 73.2 Å². The molecule has 3 rings (SSSR count). The summed E-state index contributed by atoms with van der Waals surface area (Å²) >= 11 is 0. The van der Waals surface area contributed by atoms with Crippen molar-refractivity contribution in [3.63, 3.8) is 0 Å². The number of ether oxygens (including phenoxy) is 7. The summed E-state index contributed by atoms with van der Waals surface area (Å²) in [6.07, 6.45) is 9.83. The Balaban J connectivity index is 1.65. The molecule has 522 valence electrons. The van der Waals surface area contributed by atoms with Gasteiger partial charge in [0.15, 0.2) is 12.6 Å². The summed E-state index contributed by atoms with van der Waals surface area (Å²) < 4.78 is 40.0. The lowest BCUT2D eigenvalue weighted by Crippen LogP contribution is -2.71. The molecule has 0 spiro atoms. The summed E-state index contributed by atoms with van der Waals surface area (Å²) in [5.74, 6) is -6.46. The molecular weight excluding hydrogens is 1160 g/mol. The van der Waals surface area contributed by atoms with E-state index in [-0.39, 0.29) is 6.42 Å². The number of allylic oxidation sites excluding steroid dienone is 1. The summed E-state index contributed by atoms with van der Waals surface area (Å²) in [6.45, 7) is 2.25. The van der Waals surface area contributed by atoms with E-state index in [4.69, 9.17) is 33.2 Å². The van der Waals surface area contributed by atoms with Crippen LogP contribution < -0.4 is 10.6 Å². The predicted octanol–water partition coefficient (Wildman–Crippen LogP) is 4.74. The van der Waals surface area contributed by atoms with Crippen molar-refractivity contribution < 1.29 is 109 Å². The number of nitrogens with one attached hydrogen (secondary N) is 2. The highest BCUT2D eigenvalue weighted by atomic mass is 16.8. The topological polar surface area (TPSA) is 383 Å². The zero-order chi connectivity index (χ0) is 65.6. The highest BCUT2D eigenvalue weighted by molar-refractivity contribution is 5.80. The molecule has 0 aromatic heterocycles. The molecule has 0 saturated carbocycles. The summed E-state index contributed by atoms with van der Waals surface area (Å²) in [5, 5.41) is 137. The molecule has 0 aliphatic carbocycles. The van der Waals surface area contributed by atoms with Gasteiger partial charge in [-0.15, -0.1) is 0 Å². The Labute approximate surface area is 529 Å². The van der Waals surface area contributed by atoms with Crippen molar-refractivity contribution in [3.8, 4) is 0 Å². The van der Waals surface area contributed by atoms with E-state index in [9.17, 15) is 75.7 Å². The van der Waals surface area contributed by atoms with Crippen LogP contribution in [-0.2, 0) is 47.5 Å². The lowest BCUT2D eigenvalue weighted by atomic mass is 9.88. The average Bonchev–Trinajstić information content (AvgIpc) is 0.816. The number of carbonyl (C=O) groups is 3. The van der Waals surface area contributed by atoms with Crippen LogP contribution in [0.3, 0.4) is 0 Å². The second kappa shape index (κ2) is 46.5. The molecule has 3 heterocycles. The molecule has 0 aromatic carbocycles. The first-order chi connectivity index (χ1) is 42.8. The van der Waals surface area contributed by atoms with Crippen molar-refractivity contribution in [1.82, 2.24) is 10.6 Å². The number of methoxy groups -OCH3 is 1. The number of carboxylic acid groups (broad SMARTS) is 1. The first kappa shape index (κ1) is 80.7. The minimum absolute atomic E-state index is 0.187. The van der Waals surface area contributed by atoms with Crippen LogP contribution in [0.5, 0.6) is 0 Å². The molecular formula is C65H120N2O22. The number of unbranched alkanes of at least 4 members (excludes halogenated alkanes) is 29. The third-order valence-corrected chi connectivity index (χ3v) is 17.6. The molecule has 0 radical (unpaired) electrons. The first-order valence-corrected chi connectivity index (χ1v) is 34.1. The zero-order valence-electron chi connectivity index (χ0n) is 54.2. The summed E-state index contributed by atoms with van der Waals surface area (Å²) in [6, 6.07) is -2.71. The molecule has 0 bridgehead atoms. The maximum atomic E-state index is 13.5. The maximum Gasteiger partial charge on any atom is 0.364 e. The fourth-order valence-electron chi connectivity index (χ4n) is 12.0. The Morgan fingerprint density at radius 3 is 1.56 bits per heavy atom. The number of hydrogen-bond donors (Lipinski definition) is 14. The minimum atomic E-state index is -3.04. The molecule has 24 nitrogen and oxygen atoms in total. The second-order valence-electron chi connectivity index (χ2n) is 25.0. The zero-order valence-corrected chi connectivity index (χ0v) is 54.2. The molecule has 14 N–H and O–H groups in total. The van der Waals surface area contributed by atoms with E-state index in [2.05, 4.69) is 24.5 Å². The number of carboxylic acids is 1. The Morgan fingerprint density at radius 2 is 1.10 bits per heavy atom. The monoisotopic (exact) mass is 1280 g/mol. The number of amides is 2. The van der Waals surface area contributed by atoms with Gasteiger partial charge in [-0.1, -0.05) is 212 Å². The van der Waals surface area contributed by atoms with Crippen LogP contribution in [0.4, 0.5) is 0 Å². The quantitative estimate of drug-likeness (QED) is 0.0289. The van der Waals surface area contributed by atoms with Crippen molar-refractivity contribution in [2.45, 2.75) is 349 Å². The number of hydrogen-bond acceptors (Lipinski definition) is 21. The van der Waals surface area contributed by atoms with Gasteiger partial charge in [-0.05, 0) is 19.3 Å². The molecule has 3 saturated heterocycles. The SMILES string of the molecule is CCCCCCCCCCCCCC/C=C/[C@@H](O)[C@H](CO[C@@H]1O[C@H](CO)[C@@H](O[C@@H]2O[C@H](CO)[C@H](O)[C@H](O[C@]3(C(=O)O)C[C@H](O)[C@@H](NC(C)=O)[C@H]([C@@H](O)[C@H](CO)OC)O3)[C@H]2O)[C@H](O)[C@H]1O)NC(=O)[C@H](O)CCCCCCCCCCCCCCCCCCCC. The molecule has 3 aliphatic heterocycles. The van der Waals surface area contributed by atoms with E-state index in [0.717, 1.165) is 65.4 Å². The van der Waals surface area contributed by atoms with Crippen LogP contribution in [0.25, 0.3) is 0 Å². The van der Waals surface area contributed by atoms with Crippen LogP contribution in [0.2, 0.25) is 0 Å². The van der Waals surface area contributed by atoms with Crippen LogP contribution in [0.15, 0.2) is 12.2 Å². The Bertz CT molecular complexity index is 1870. The van der Waals surface area contributed by atoms with E-state index in [1.165, 1.54) is 141 Å². The van der Waals surface area contributed by atoms with Gasteiger partial charge in [-0.2, -0.15) is 0 Å². The van der Waals surface area contributed by atoms with Crippen molar-refractivity contribution in [2.75, 3.05) is 33.5 Å². The molecule has 24 heteroatoms. The van der Waals surface area contributed by atoms with Gasteiger partial charge >= 0.3 is 5.97 Å². The van der Waals surface area contributed by atoms with Crippen molar-refractivity contribution in [1.29, 1.82) is 0 Å². The number of carbonyl (C=O) groups excluding carboxylic acids is 2. The van der Waals surface area contributed by atoms with Crippen LogP contribution >= 0.6 is 0 Å². The summed E-state index contributed by atoms with van der Waals surface area (Å²) in [7, 11) is 1.11. The highest BCUT2D eigenvalue weighted by Crippen LogP contribution is 2.39. The maximum absolute atomic E-state index is 13.5. The lowest BCUT2D eigenvalue weighted by Gasteiger charge is -2.50. The van der Waals surface area contributed by atoms with Gasteiger partial charge < -0.3 is 105 Å². The van der Waals surface area contributed by atoms with Gasteiger partial charge in [0, 0.05) is 20.5 Å². The summed E-state index contributed by atoms with van der Waals surface area (Å²) in [4.78, 5) is 38.8. The van der Waals surface area contributed by atoms with Crippen LogP contribution in [0, 0.1) is 0 Å². The first-order valence-electron chi connectivity index (χ1n) is 34.1. The van der Waals surface area contributed by atoms with Gasteiger partial charge in [0.25, 0.3) is 5.79 Å². The standard InChI is InChI=1S/C65H120N2O22/c1-5-7-9-11-13-15-17-19-21-22-23-24-26-28-30-32-34-36-38-47(73)61(80)67-45(46(72)37-35-33-31-29-27-25-20-18-16-14-12-10-8-6-2)43-84-62-56(78)55(77)58(51(42-70)86-62)87-63-57(79)60(54(76)50(41-69)85-63)89-65(64(81)82)39-48(74)52(66-44(3)71)59(88-65)53(75)49(40-68)83-4/h35,37,45-60,62-63,68-70,72-79H,5-34,36,38-43H2,1-4H3,(H,66,71)(H,67,80)(H,81,82)/b37-35+/t45-,46+,47+,48-,49-,50+,51+,52+,53-,54-,55+,56+,57+,58+,59+,60-,62+,63-,65-/m0/s1. The molecule has 2 amide bonds.